The molecule has 0 spiro atoms. The fourth-order valence-electron chi connectivity index (χ4n) is 4.69. The molecule has 7 heteroatoms. The van der Waals surface area contributed by atoms with Gasteiger partial charge in [0, 0.05) is 31.2 Å². The summed E-state index contributed by atoms with van der Waals surface area (Å²) in [5, 5.41) is 4.33. The molecule has 0 fully saturated rings. The lowest BCUT2D eigenvalue weighted by Gasteiger charge is -2.26. The Bertz CT molecular complexity index is 1500. The second kappa shape index (κ2) is 14.9. The summed E-state index contributed by atoms with van der Waals surface area (Å²) in [5.74, 6) is 1.69. The number of hydrogen-bond acceptors (Lipinski definition) is 6. The number of methoxy groups -OCH3 is 2. The summed E-state index contributed by atoms with van der Waals surface area (Å²) >= 11 is 0. The van der Waals surface area contributed by atoms with Crippen molar-refractivity contribution in [1.29, 1.82) is 0 Å². The number of aromatic nitrogens is 2. The summed E-state index contributed by atoms with van der Waals surface area (Å²) in [5.41, 5.74) is 6.78. The van der Waals surface area contributed by atoms with Crippen molar-refractivity contribution < 1.29 is 18.9 Å². The van der Waals surface area contributed by atoms with Gasteiger partial charge in [0.2, 0.25) is 0 Å². The van der Waals surface area contributed by atoms with E-state index >= 15 is 0 Å². The van der Waals surface area contributed by atoms with Crippen LogP contribution in [0.4, 0.5) is 5.69 Å². The Kier molecular flexibility index (Phi) is 10.2. The lowest BCUT2D eigenvalue weighted by atomic mass is 10.1. The fourth-order valence-corrected chi connectivity index (χ4v) is 4.69. The molecule has 0 radical (unpaired) electrons. The highest BCUT2D eigenvalue weighted by Gasteiger charge is 2.11. The van der Waals surface area contributed by atoms with Gasteiger partial charge in [-0.3, -0.25) is 0 Å². The number of ether oxygens (including phenoxy) is 4. The minimum absolute atomic E-state index is 0.530. The Labute approximate surface area is 247 Å². The first-order valence-electron chi connectivity index (χ1n) is 14.0. The third kappa shape index (κ3) is 8.22. The molecule has 42 heavy (non-hydrogen) atoms. The summed E-state index contributed by atoms with van der Waals surface area (Å²) in [7, 11) is 3.37. The molecule has 1 aromatic heterocycles. The van der Waals surface area contributed by atoms with Crippen molar-refractivity contribution in [2.45, 2.75) is 26.3 Å². The maximum atomic E-state index is 5.88. The van der Waals surface area contributed by atoms with Crippen molar-refractivity contribution in [2.75, 3.05) is 32.3 Å². The molecule has 0 saturated heterocycles. The number of anilines is 1. The molecule has 0 amide bonds. The van der Waals surface area contributed by atoms with Crippen LogP contribution in [0.2, 0.25) is 0 Å². The van der Waals surface area contributed by atoms with Gasteiger partial charge in [-0.25, -0.2) is 4.68 Å². The molecule has 216 valence electrons. The van der Waals surface area contributed by atoms with Crippen LogP contribution in [0.5, 0.6) is 11.5 Å². The van der Waals surface area contributed by atoms with Gasteiger partial charge in [-0.1, -0.05) is 48.5 Å². The average Bonchev–Trinajstić information content (AvgIpc) is 3.59. The fraction of sp³-hybridized carbons (Fsp3) is 0.229. The van der Waals surface area contributed by atoms with E-state index in [1.165, 1.54) is 11.1 Å². The highest BCUT2D eigenvalue weighted by atomic mass is 16.5. The molecule has 0 unspecified atom stereocenters. The first-order valence-corrected chi connectivity index (χ1v) is 14.0. The molecule has 4 aromatic carbocycles. The van der Waals surface area contributed by atoms with Gasteiger partial charge in [-0.2, -0.15) is 5.10 Å². The third-order valence-electron chi connectivity index (χ3n) is 6.93. The number of hydrogen-bond donors (Lipinski definition) is 0. The first kappa shape index (κ1) is 28.9. The second-order valence-corrected chi connectivity index (χ2v) is 9.95. The predicted molar refractivity (Wildman–Crippen MR) is 165 cm³/mol. The monoisotopic (exact) mass is 563 g/mol. The average molecular weight is 564 g/mol. The standard InChI is InChI=1S/C35H37N3O4/c1-39-34-8-3-6-30(22-34)25-37(24-28-10-16-33(17-11-28)38-19-5-18-36-38)32-14-12-29(13-15-32)26-41-20-21-42-27-31-7-4-9-35(23-31)40-2/h3-19,22-23H,20-21,24-27H2,1-2H3. The van der Waals surface area contributed by atoms with Crippen LogP contribution in [-0.4, -0.2) is 37.2 Å². The van der Waals surface area contributed by atoms with Crippen molar-refractivity contribution >= 4 is 5.69 Å². The van der Waals surface area contributed by atoms with Gasteiger partial charge in [0.25, 0.3) is 0 Å². The van der Waals surface area contributed by atoms with Crippen molar-refractivity contribution in [2.24, 2.45) is 0 Å². The minimum Gasteiger partial charge on any atom is -0.497 e. The SMILES string of the molecule is COc1cccc(COCCOCc2ccc(N(Cc3ccc(-n4cccn4)cc3)Cc3cccc(OC)c3)cc2)c1. The van der Waals surface area contributed by atoms with Gasteiger partial charge in [-0.05, 0) is 76.9 Å². The second-order valence-electron chi connectivity index (χ2n) is 9.95. The molecule has 0 saturated carbocycles. The molecular formula is C35H37N3O4. The van der Waals surface area contributed by atoms with Crippen LogP contribution in [0.1, 0.15) is 22.3 Å². The molecule has 0 aliphatic carbocycles. The van der Waals surface area contributed by atoms with E-state index < -0.39 is 0 Å². The molecule has 7 nitrogen and oxygen atoms in total. The lowest BCUT2D eigenvalue weighted by Crippen LogP contribution is -2.22. The summed E-state index contributed by atoms with van der Waals surface area (Å²) in [4.78, 5) is 2.37. The molecule has 5 aromatic rings. The Morgan fingerprint density at radius 3 is 1.86 bits per heavy atom. The van der Waals surface area contributed by atoms with Gasteiger partial charge in [0.05, 0.1) is 46.3 Å². The van der Waals surface area contributed by atoms with Crippen LogP contribution in [0.15, 0.2) is 116 Å². The summed E-state index contributed by atoms with van der Waals surface area (Å²) in [6.45, 7) is 3.64. The molecule has 0 aliphatic heterocycles. The molecule has 1 heterocycles. The van der Waals surface area contributed by atoms with Crippen molar-refractivity contribution in [3.05, 3.63) is 138 Å². The summed E-state index contributed by atoms with van der Waals surface area (Å²) in [6.07, 6.45) is 3.74. The zero-order valence-electron chi connectivity index (χ0n) is 24.2. The maximum absolute atomic E-state index is 5.88. The van der Waals surface area contributed by atoms with Crippen molar-refractivity contribution in [3.63, 3.8) is 0 Å². The van der Waals surface area contributed by atoms with E-state index in [1.54, 1.807) is 20.4 Å². The Balaban J connectivity index is 1.18. The Hall–Kier alpha value is -4.59. The smallest absolute Gasteiger partial charge is 0.119 e. The van der Waals surface area contributed by atoms with Crippen LogP contribution in [0.3, 0.4) is 0 Å². The molecule has 0 N–H and O–H groups in total. The largest absolute Gasteiger partial charge is 0.497 e. The van der Waals surface area contributed by atoms with E-state index in [2.05, 4.69) is 70.7 Å². The van der Waals surface area contributed by atoms with Crippen LogP contribution in [-0.2, 0) is 35.8 Å². The molecule has 5 rings (SSSR count). The zero-order chi connectivity index (χ0) is 29.0. The highest BCUT2D eigenvalue weighted by Crippen LogP contribution is 2.24. The predicted octanol–water partition coefficient (Wildman–Crippen LogP) is 6.83. The van der Waals surface area contributed by atoms with E-state index in [0.29, 0.717) is 26.4 Å². The van der Waals surface area contributed by atoms with E-state index in [1.807, 2.05) is 53.3 Å². The number of nitrogens with zero attached hydrogens (tertiary/aromatic N) is 3. The molecule has 0 aliphatic rings. The van der Waals surface area contributed by atoms with Crippen LogP contribution >= 0.6 is 0 Å². The van der Waals surface area contributed by atoms with Crippen molar-refractivity contribution in [1.82, 2.24) is 9.78 Å². The minimum atomic E-state index is 0.530. The van der Waals surface area contributed by atoms with Crippen LogP contribution < -0.4 is 14.4 Å². The van der Waals surface area contributed by atoms with E-state index in [-0.39, 0.29) is 0 Å². The topological polar surface area (TPSA) is 58.0 Å². The van der Waals surface area contributed by atoms with Gasteiger partial charge in [-0.15, -0.1) is 0 Å². The van der Waals surface area contributed by atoms with E-state index in [0.717, 1.165) is 47.1 Å². The first-order chi connectivity index (χ1) is 20.7. The maximum Gasteiger partial charge on any atom is 0.119 e. The van der Waals surface area contributed by atoms with Crippen LogP contribution in [0, 0.1) is 0 Å². The number of rotatable bonds is 15. The number of benzene rings is 4. The van der Waals surface area contributed by atoms with Gasteiger partial charge in [0.1, 0.15) is 11.5 Å². The van der Waals surface area contributed by atoms with E-state index in [9.17, 15) is 0 Å². The normalized spacial score (nSPS) is 10.9. The van der Waals surface area contributed by atoms with Gasteiger partial charge >= 0.3 is 0 Å². The quantitative estimate of drug-likeness (QED) is 0.130. The molecular weight excluding hydrogens is 526 g/mol. The van der Waals surface area contributed by atoms with Gasteiger partial charge in [0.15, 0.2) is 0 Å². The van der Waals surface area contributed by atoms with E-state index in [4.69, 9.17) is 18.9 Å². The van der Waals surface area contributed by atoms with Crippen molar-refractivity contribution in [3.8, 4) is 17.2 Å². The zero-order valence-corrected chi connectivity index (χ0v) is 24.2. The molecule has 0 bridgehead atoms. The molecule has 0 atom stereocenters. The highest BCUT2D eigenvalue weighted by molar-refractivity contribution is 5.49. The Morgan fingerprint density at radius 2 is 1.21 bits per heavy atom. The summed E-state index contributed by atoms with van der Waals surface area (Å²) in [6, 6.07) is 35.2. The third-order valence-corrected chi connectivity index (χ3v) is 6.93. The summed E-state index contributed by atoms with van der Waals surface area (Å²) < 4.78 is 24.2. The van der Waals surface area contributed by atoms with Gasteiger partial charge < -0.3 is 23.8 Å². The lowest BCUT2D eigenvalue weighted by molar-refractivity contribution is 0.0338. The Morgan fingerprint density at radius 1 is 0.619 bits per heavy atom. The van der Waals surface area contributed by atoms with Crippen LogP contribution in [0.25, 0.3) is 5.69 Å².